The Balaban J connectivity index is 1.53. The van der Waals surface area contributed by atoms with Crippen molar-refractivity contribution in [2.75, 3.05) is 0 Å². The van der Waals surface area contributed by atoms with E-state index >= 15 is 0 Å². The van der Waals surface area contributed by atoms with Gasteiger partial charge in [-0.2, -0.15) is 0 Å². The molecule has 1 aliphatic heterocycles. The van der Waals surface area contributed by atoms with E-state index in [-0.39, 0.29) is 17.8 Å². The second kappa shape index (κ2) is 8.00. The van der Waals surface area contributed by atoms with Crippen molar-refractivity contribution in [1.29, 1.82) is 0 Å². The Morgan fingerprint density at radius 2 is 1.37 bits per heavy atom. The van der Waals surface area contributed by atoms with Crippen LogP contribution in [0.5, 0.6) is 0 Å². The topological polar surface area (TPSA) is 26.3 Å². The van der Waals surface area contributed by atoms with Crippen LogP contribution in [0, 0.1) is 5.92 Å². The van der Waals surface area contributed by atoms with Crippen LogP contribution in [0.25, 0.3) is 16.5 Å². The summed E-state index contributed by atoms with van der Waals surface area (Å²) in [6, 6.07) is 34.8. The lowest BCUT2D eigenvalue weighted by Gasteiger charge is -2.29. The Morgan fingerprint density at radius 1 is 0.700 bits per heavy atom. The van der Waals surface area contributed by atoms with Crippen molar-refractivity contribution >= 4 is 22.5 Å². The van der Waals surface area contributed by atoms with Crippen molar-refractivity contribution in [1.82, 2.24) is 0 Å². The summed E-state index contributed by atoms with van der Waals surface area (Å²) >= 11 is 0. The molecule has 0 fully saturated rings. The monoisotopic (exact) mass is 390 g/mol. The standard InChI is InChI=1S/C28H22O2/c29-28-26(18-20-15-16-21-9-7-8-14-24(21)17-20)25(22-10-3-1-4-11-22)19-27(30-28)23-12-5-2-6-13-23/h1-17,19,25-26H,18H2/t25-,26+/m1/s1. The molecule has 0 saturated heterocycles. The van der Waals surface area contributed by atoms with E-state index in [9.17, 15) is 4.79 Å². The number of rotatable bonds is 4. The summed E-state index contributed by atoms with van der Waals surface area (Å²) in [5.74, 6) is 0.178. The zero-order valence-electron chi connectivity index (χ0n) is 16.6. The molecule has 1 aliphatic rings. The molecular weight excluding hydrogens is 368 g/mol. The predicted molar refractivity (Wildman–Crippen MR) is 121 cm³/mol. The highest BCUT2D eigenvalue weighted by Gasteiger charge is 2.35. The lowest BCUT2D eigenvalue weighted by Crippen LogP contribution is -2.29. The molecule has 0 spiro atoms. The minimum Gasteiger partial charge on any atom is -0.426 e. The van der Waals surface area contributed by atoms with Gasteiger partial charge < -0.3 is 4.74 Å². The van der Waals surface area contributed by atoms with Gasteiger partial charge in [-0.15, -0.1) is 0 Å². The molecule has 4 aromatic carbocycles. The molecule has 2 nitrogen and oxygen atoms in total. The molecule has 0 radical (unpaired) electrons. The summed E-state index contributed by atoms with van der Waals surface area (Å²) in [7, 11) is 0. The highest BCUT2D eigenvalue weighted by atomic mass is 16.5. The van der Waals surface area contributed by atoms with Crippen molar-refractivity contribution in [3.05, 3.63) is 126 Å². The Labute approximate surface area is 176 Å². The molecule has 0 aromatic heterocycles. The summed E-state index contributed by atoms with van der Waals surface area (Å²) in [5, 5.41) is 2.40. The molecule has 0 N–H and O–H groups in total. The normalized spacial score (nSPS) is 18.7. The number of fused-ring (bicyclic) bond motifs is 1. The van der Waals surface area contributed by atoms with Crippen molar-refractivity contribution < 1.29 is 9.53 Å². The summed E-state index contributed by atoms with van der Waals surface area (Å²) < 4.78 is 5.82. The SMILES string of the molecule is O=C1OC(c2ccccc2)=C[C@H](c2ccccc2)[C@@H]1Cc1ccc2ccccc2c1. The van der Waals surface area contributed by atoms with Gasteiger partial charge in [0, 0.05) is 11.5 Å². The van der Waals surface area contributed by atoms with Gasteiger partial charge in [-0.1, -0.05) is 103 Å². The number of carbonyl (C=O) groups is 1. The van der Waals surface area contributed by atoms with E-state index in [1.54, 1.807) is 0 Å². The van der Waals surface area contributed by atoms with Gasteiger partial charge in [0.25, 0.3) is 0 Å². The number of hydrogen-bond acceptors (Lipinski definition) is 2. The van der Waals surface area contributed by atoms with Crippen LogP contribution in [-0.2, 0) is 16.0 Å². The molecular formula is C28H22O2. The van der Waals surface area contributed by atoms with Gasteiger partial charge in [-0.3, -0.25) is 4.79 Å². The fraction of sp³-hybridized carbons (Fsp3) is 0.107. The van der Waals surface area contributed by atoms with Crippen molar-refractivity contribution in [3.63, 3.8) is 0 Å². The average Bonchev–Trinajstić information content (AvgIpc) is 2.81. The quantitative estimate of drug-likeness (QED) is 0.378. The fourth-order valence-corrected chi connectivity index (χ4v) is 4.24. The first-order valence-electron chi connectivity index (χ1n) is 10.3. The maximum Gasteiger partial charge on any atom is 0.315 e. The molecule has 0 amide bonds. The number of esters is 1. The van der Waals surface area contributed by atoms with Crippen molar-refractivity contribution in [2.24, 2.45) is 5.92 Å². The van der Waals surface area contributed by atoms with Gasteiger partial charge in [0.15, 0.2) is 0 Å². The Bertz CT molecular complexity index is 1210. The first-order valence-corrected chi connectivity index (χ1v) is 10.3. The summed E-state index contributed by atoms with van der Waals surface area (Å²) in [6.45, 7) is 0. The van der Waals surface area contributed by atoms with E-state index in [0.29, 0.717) is 12.2 Å². The number of cyclic esters (lactones) is 1. The first kappa shape index (κ1) is 18.4. The van der Waals surface area contributed by atoms with Gasteiger partial charge in [-0.25, -0.2) is 0 Å². The lowest BCUT2D eigenvalue weighted by molar-refractivity contribution is -0.142. The van der Waals surface area contributed by atoms with Crippen LogP contribution in [0.2, 0.25) is 0 Å². The molecule has 2 atom stereocenters. The Hall–Kier alpha value is -3.65. The zero-order valence-corrected chi connectivity index (χ0v) is 16.6. The first-order chi connectivity index (χ1) is 14.8. The van der Waals surface area contributed by atoms with Crippen LogP contribution in [0.15, 0.2) is 109 Å². The van der Waals surface area contributed by atoms with E-state index in [1.807, 2.05) is 60.7 Å². The maximum atomic E-state index is 13.2. The second-order valence-electron chi connectivity index (χ2n) is 7.75. The molecule has 0 bridgehead atoms. The molecule has 0 unspecified atom stereocenters. The van der Waals surface area contributed by atoms with E-state index in [1.165, 1.54) is 10.8 Å². The largest absolute Gasteiger partial charge is 0.426 e. The molecule has 30 heavy (non-hydrogen) atoms. The molecule has 0 saturated carbocycles. The minimum atomic E-state index is -0.263. The highest BCUT2D eigenvalue weighted by molar-refractivity contribution is 5.86. The van der Waals surface area contributed by atoms with Crippen LogP contribution in [0.4, 0.5) is 0 Å². The number of hydrogen-bond donors (Lipinski definition) is 0. The van der Waals surface area contributed by atoms with Gasteiger partial charge >= 0.3 is 5.97 Å². The molecule has 146 valence electrons. The van der Waals surface area contributed by atoms with E-state index in [4.69, 9.17) is 4.74 Å². The average molecular weight is 390 g/mol. The fourth-order valence-electron chi connectivity index (χ4n) is 4.24. The maximum absolute atomic E-state index is 13.2. The van der Waals surface area contributed by atoms with Crippen LogP contribution >= 0.6 is 0 Å². The summed E-state index contributed by atoms with van der Waals surface area (Å²) in [5.41, 5.74) is 3.21. The molecule has 5 rings (SSSR count). The van der Waals surface area contributed by atoms with Crippen LogP contribution in [0.1, 0.15) is 22.6 Å². The van der Waals surface area contributed by atoms with Gasteiger partial charge in [0.1, 0.15) is 5.76 Å². The van der Waals surface area contributed by atoms with Gasteiger partial charge in [-0.05, 0) is 34.4 Å². The van der Waals surface area contributed by atoms with Gasteiger partial charge in [0.05, 0.1) is 5.92 Å². The van der Waals surface area contributed by atoms with Crippen LogP contribution < -0.4 is 0 Å². The molecule has 2 heteroatoms. The summed E-state index contributed by atoms with van der Waals surface area (Å²) in [4.78, 5) is 13.2. The Morgan fingerprint density at radius 3 is 2.13 bits per heavy atom. The third-order valence-electron chi connectivity index (χ3n) is 5.79. The van der Waals surface area contributed by atoms with E-state index in [0.717, 1.165) is 16.7 Å². The number of ether oxygens (including phenoxy) is 1. The minimum absolute atomic E-state index is 0.0332. The smallest absolute Gasteiger partial charge is 0.315 e. The van der Waals surface area contributed by atoms with Gasteiger partial charge in [0.2, 0.25) is 0 Å². The van der Waals surface area contributed by atoms with Crippen LogP contribution in [0.3, 0.4) is 0 Å². The lowest BCUT2D eigenvalue weighted by atomic mass is 9.80. The summed E-state index contributed by atoms with van der Waals surface area (Å²) in [6.07, 6.45) is 2.75. The van der Waals surface area contributed by atoms with E-state index < -0.39 is 0 Å². The van der Waals surface area contributed by atoms with Crippen molar-refractivity contribution in [3.8, 4) is 0 Å². The Kier molecular flexibility index (Phi) is 4.90. The zero-order chi connectivity index (χ0) is 20.3. The number of carbonyl (C=O) groups excluding carboxylic acids is 1. The number of allylic oxidation sites excluding steroid dienone is 1. The third-order valence-corrected chi connectivity index (χ3v) is 5.79. The third kappa shape index (κ3) is 3.65. The molecule has 4 aromatic rings. The second-order valence-corrected chi connectivity index (χ2v) is 7.75. The number of benzene rings is 4. The highest BCUT2D eigenvalue weighted by Crippen LogP contribution is 2.38. The molecule has 0 aliphatic carbocycles. The van der Waals surface area contributed by atoms with Crippen LogP contribution in [-0.4, -0.2) is 5.97 Å². The van der Waals surface area contributed by atoms with E-state index in [2.05, 4.69) is 48.5 Å². The predicted octanol–water partition coefficient (Wildman–Crippen LogP) is 6.38. The molecule has 1 heterocycles. The van der Waals surface area contributed by atoms with Crippen molar-refractivity contribution in [2.45, 2.75) is 12.3 Å².